The van der Waals surface area contributed by atoms with Crippen LogP contribution in [0.15, 0.2) is 169 Å². The van der Waals surface area contributed by atoms with Gasteiger partial charge in [0.25, 0.3) is 0 Å². The van der Waals surface area contributed by atoms with Crippen LogP contribution in [0.4, 0.5) is 28.9 Å². The maximum atomic E-state index is 13.5. The van der Waals surface area contributed by atoms with Gasteiger partial charge in [-0.25, -0.2) is 36.8 Å². The van der Waals surface area contributed by atoms with Gasteiger partial charge in [-0.05, 0) is 154 Å². The molecule has 4 aliphatic heterocycles. The molecule has 0 amide bonds. The first-order valence-corrected chi connectivity index (χ1v) is 29.5. The molecular formula is C55H51BBrF4N9O13P2. The third-order valence-electron chi connectivity index (χ3n) is 12.2. The van der Waals surface area contributed by atoms with E-state index in [1.54, 1.807) is 91.5 Å². The second-order valence-corrected chi connectivity index (χ2v) is 24.2. The monoisotopic (exact) mass is 1270 g/mol. The average Bonchev–Trinajstić information content (AvgIpc) is 2.62. The van der Waals surface area contributed by atoms with Gasteiger partial charge in [-0.1, -0.05) is 12.1 Å². The second kappa shape index (κ2) is 28.8. The molecule has 4 saturated heterocycles. The van der Waals surface area contributed by atoms with Crippen LogP contribution in [0.5, 0.6) is 23.0 Å². The minimum atomic E-state index is -2.99. The number of aromatic hydroxyl groups is 2. The molecule has 5 aromatic carbocycles. The fraction of sp³-hybridized carbons (Fsp3) is 0.182. The summed E-state index contributed by atoms with van der Waals surface area (Å²) in [4.78, 5) is 32.3. The molecular weight excluding hydrogens is 1220 g/mol. The van der Waals surface area contributed by atoms with Gasteiger partial charge in [0, 0.05) is 75.6 Å². The highest BCUT2D eigenvalue weighted by Crippen LogP contribution is 2.62. The van der Waals surface area contributed by atoms with E-state index >= 15 is 0 Å². The van der Waals surface area contributed by atoms with Gasteiger partial charge < -0.3 is 34.0 Å². The van der Waals surface area contributed by atoms with Gasteiger partial charge in [0.2, 0.25) is 11.6 Å². The van der Waals surface area contributed by atoms with Crippen molar-refractivity contribution >= 4 is 55.2 Å². The summed E-state index contributed by atoms with van der Waals surface area (Å²) in [6.07, 6.45) is 3.46. The predicted octanol–water partition coefficient (Wildman–Crippen LogP) is 10.5. The van der Waals surface area contributed by atoms with Crippen LogP contribution >= 0.6 is 31.3 Å². The topological polar surface area (TPSA) is 280 Å². The molecule has 7 heterocycles. The first kappa shape index (κ1) is 63.2. The van der Waals surface area contributed by atoms with Crippen molar-refractivity contribution in [1.29, 1.82) is 0 Å². The molecule has 22 nitrogen and oxygen atoms in total. The fourth-order valence-electron chi connectivity index (χ4n) is 7.41. The lowest BCUT2D eigenvalue weighted by Gasteiger charge is -2.19. The number of nitrogens with zero attached hydrogens (tertiary/aromatic N) is 9. The molecule has 4 fully saturated rings. The van der Waals surface area contributed by atoms with Crippen LogP contribution in [-0.2, 0) is 31.4 Å². The first-order chi connectivity index (χ1) is 40.7. The van der Waals surface area contributed by atoms with E-state index in [9.17, 15) is 46.9 Å². The molecule has 3 aromatic heterocycles. The number of pyridine rings is 3. The van der Waals surface area contributed by atoms with Crippen molar-refractivity contribution in [1.82, 2.24) is 33.6 Å². The second-order valence-electron chi connectivity index (χ2n) is 18.6. The zero-order valence-electron chi connectivity index (χ0n) is 44.5. The Morgan fingerprint density at radius 1 is 0.529 bits per heavy atom. The van der Waals surface area contributed by atoms with Crippen LogP contribution in [0.25, 0.3) is 22.5 Å². The minimum absolute atomic E-state index is 0.0286. The number of benzene rings is 5. The number of nitro groups is 2. The number of nitro benzene ring substituents is 2. The van der Waals surface area contributed by atoms with E-state index in [2.05, 4.69) is 30.9 Å². The predicted molar refractivity (Wildman–Crippen MR) is 308 cm³/mol. The van der Waals surface area contributed by atoms with Crippen molar-refractivity contribution < 1.29 is 70.6 Å². The van der Waals surface area contributed by atoms with Gasteiger partial charge in [0.15, 0.2) is 0 Å². The average molecular weight is 1270 g/mol. The lowest BCUT2D eigenvalue weighted by molar-refractivity contribution is -0.387. The maximum absolute atomic E-state index is 13.5. The maximum Gasteiger partial charge on any atom is 0.488 e. The van der Waals surface area contributed by atoms with Crippen molar-refractivity contribution in [3.05, 3.63) is 223 Å². The lowest BCUT2D eigenvalue weighted by Crippen LogP contribution is -2.29. The largest absolute Gasteiger partial charge is 0.508 e. The summed E-state index contributed by atoms with van der Waals surface area (Å²) in [5, 5.41) is 57.0. The number of phenols is 2. The number of ether oxygens (including phenoxy) is 1. The first-order valence-electron chi connectivity index (χ1n) is 25.6. The molecule has 12 rings (SSSR count). The van der Waals surface area contributed by atoms with Crippen molar-refractivity contribution in [2.24, 2.45) is 0 Å². The zero-order chi connectivity index (χ0) is 60.8. The number of aromatic nitrogens is 3. The van der Waals surface area contributed by atoms with Crippen LogP contribution in [0.3, 0.4) is 0 Å². The molecule has 442 valence electrons. The van der Waals surface area contributed by atoms with Gasteiger partial charge in [-0.2, -0.15) is 4.39 Å². The molecule has 0 spiro atoms. The van der Waals surface area contributed by atoms with Gasteiger partial charge in [-0.3, -0.25) is 39.3 Å². The van der Waals surface area contributed by atoms with E-state index in [1.807, 2.05) is 0 Å². The normalized spacial score (nSPS) is 14.3. The van der Waals surface area contributed by atoms with E-state index < -0.39 is 49.6 Å². The summed E-state index contributed by atoms with van der Waals surface area (Å²) in [5.74, 6) is -1.23. The Kier molecular flexibility index (Phi) is 21.4. The van der Waals surface area contributed by atoms with Gasteiger partial charge in [-0.15, -0.1) is 0 Å². The summed E-state index contributed by atoms with van der Waals surface area (Å²) in [6, 6.07) is 35.8. The van der Waals surface area contributed by atoms with Gasteiger partial charge >= 0.3 is 33.8 Å². The van der Waals surface area contributed by atoms with E-state index in [0.717, 1.165) is 88.0 Å². The number of halogens is 5. The summed E-state index contributed by atoms with van der Waals surface area (Å²) in [6.45, 7) is 5.94. The van der Waals surface area contributed by atoms with E-state index in [-0.39, 0.29) is 47.8 Å². The number of rotatable bonds is 17. The van der Waals surface area contributed by atoms with Crippen molar-refractivity contribution in [3.8, 4) is 45.5 Å². The molecule has 0 aliphatic carbocycles. The van der Waals surface area contributed by atoms with E-state index in [1.165, 1.54) is 66.9 Å². The van der Waals surface area contributed by atoms with E-state index in [0.29, 0.717) is 38.3 Å². The molecule has 8 aromatic rings. The zero-order valence-corrected chi connectivity index (χ0v) is 47.9. The summed E-state index contributed by atoms with van der Waals surface area (Å²) in [5.41, 5.74) is 3.53. The molecule has 0 radical (unpaired) electrons. The SMILES string of the molecule is Fc1ccc(Br)nc1.O=[N+]([O-])c1ccc(COP(=O)(N2CC2)N2CC2)cc1F.O=[N+]([O-])c1ccc(COP(=O)(N2CC2)N2CC2)cc1Oc1ccc(-c2ccc(F)cn2)cc1.OB(O)c1ccc(O)cc1.Oc1ccc(-c2ccc(F)cn2)cc1. The van der Waals surface area contributed by atoms with Gasteiger partial charge in [0.05, 0.1) is 53.0 Å². The third-order valence-corrected chi connectivity index (χ3v) is 18.1. The Bertz CT molecular complexity index is 3570. The number of hydrogen-bond acceptors (Lipinski definition) is 16. The molecule has 0 atom stereocenters. The van der Waals surface area contributed by atoms with Crippen molar-refractivity contribution in [2.45, 2.75) is 13.2 Å². The lowest BCUT2D eigenvalue weighted by atomic mass is 9.80. The van der Waals surface area contributed by atoms with Crippen molar-refractivity contribution in [3.63, 3.8) is 0 Å². The van der Waals surface area contributed by atoms with Crippen LogP contribution < -0.4 is 10.2 Å². The minimum Gasteiger partial charge on any atom is -0.508 e. The standard InChI is InChI=1S/C22H20FN4O5P.C11H13FN3O4P.C11H8FNO.C6H7BO3.C5H3BrFN/c23-18-4-7-20(24-14-18)17-2-5-19(6-3-17)32-22-13-16(1-8-21(22)27(28)29)15-31-33(30,25-9-10-25)26-11-12-26;12-10-7-9(1-2-11(10)15(16)17)8-19-20(18,13-3-4-13)14-5-6-14;12-9-3-6-11(13-7-9)8-1-4-10(14)5-2-8;8-6-3-1-5(2-4-6)7(9)10;6-5-2-1-4(7)3-8-5/h1-8,13-14H,9-12,15H2;1-2,7H,3-6,8H2;1-7,14H;1-4,8-10H;1-3H. The highest BCUT2D eigenvalue weighted by atomic mass is 79.9. The Labute approximate surface area is 491 Å². The summed E-state index contributed by atoms with van der Waals surface area (Å²) in [7, 11) is -7.39. The van der Waals surface area contributed by atoms with Crippen LogP contribution in [0.2, 0.25) is 0 Å². The highest BCUT2D eigenvalue weighted by molar-refractivity contribution is 9.10. The van der Waals surface area contributed by atoms with Crippen LogP contribution in [0, 0.1) is 43.5 Å². The molecule has 0 bridgehead atoms. The molecule has 4 aliphatic rings. The molecule has 30 heteroatoms. The van der Waals surface area contributed by atoms with Crippen LogP contribution in [-0.4, -0.2) is 123 Å². The van der Waals surface area contributed by atoms with Crippen LogP contribution in [0.1, 0.15) is 11.1 Å². The summed E-state index contributed by atoms with van der Waals surface area (Å²) < 4.78 is 102. The smallest absolute Gasteiger partial charge is 0.488 e. The van der Waals surface area contributed by atoms with Crippen molar-refractivity contribution in [2.75, 3.05) is 52.4 Å². The highest BCUT2D eigenvalue weighted by Gasteiger charge is 2.50. The quantitative estimate of drug-likeness (QED) is 0.0125. The number of phenolic OH excluding ortho intramolecular Hbond substituents is 2. The Balaban J connectivity index is 0.000000153. The Morgan fingerprint density at radius 3 is 1.29 bits per heavy atom. The number of hydrogen-bond donors (Lipinski definition) is 4. The molecule has 0 saturated carbocycles. The van der Waals surface area contributed by atoms with E-state index in [4.69, 9.17) is 34.0 Å². The Hall–Kier alpha value is -7.85. The fourth-order valence-corrected chi connectivity index (χ4v) is 12.0. The van der Waals surface area contributed by atoms with Gasteiger partial charge in [0.1, 0.15) is 39.3 Å². The molecule has 0 unspecified atom stereocenters. The summed E-state index contributed by atoms with van der Waals surface area (Å²) >= 11 is 3.07. The third kappa shape index (κ3) is 18.6. The molecule has 85 heavy (non-hydrogen) atoms. The molecule has 4 N–H and O–H groups in total. The Morgan fingerprint density at radius 2 is 0.929 bits per heavy atom.